The first-order valence-corrected chi connectivity index (χ1v) is 6.81. The van der Waals surface area contributed by atoms with Gasteiger partial charge in [0.1, 0.15) is 11.9 Å². The molecule has 0 atom stereocenters. The zero-order valence-electron chi connectivity index (χ0n) is 9.93. The van der Waals surface area contributed by atoms with Crippen molar-refractivity contribution in [2.75, 3.05) is 19.6 Å². The van der Waals surface area contributed by atoms with Gasteiger partial charge in [0, 0.05) is 19.6 Å². The number of hydrogen-bond acceptors (Lipinski definition) is 4. The van der Waals surface area contributed by atoms with Crippen LogP contribution in [0.25, 0.3) is 0 Å². The van der Waals surface area contributed by atoms with Crippen molar-refractivity contribution in [1.82, 2.24) is 4.31 Å². The number of nitrogens with two attached hydrogens (primary N) is 1. The topological polar surface area (TPSA) is 87.2 Å². The van der Waals surface area contributed by atoms with Crippen LogP contribution in [0.4, 0.5) is 4.39 Å². The molecule has 0 unspecified atom stereocenters. The Morgan fingerprint density at radius 3 is 2.67 bits per heavy atom. The molecule has 0 saturated heterocycles. The molecule has 0 aliphatic carbocycles. The summed E-state index contributed by atoms with van der Waals surface area (Å²) in [5.74, 6) is -0.738. The molecule has 1 aromatic carbocycles. The van der Waals surface area contributed by atoms with E-state index < -0.39 is 15.8 Å². The summed E-state index contributed by atoms with van der Waals surface area (Å²) < 4.78 is 38.7. The van der Waals surface area contributed by atoms with E-state index in [9.17, 15) is 12.8 Å². The van der Waals surface area contributed by atoms with Crippen LogP contribution >= 0.6 is 0 Å². The van der Waals surface area contributed by atoms with Gasteiger partial charge in [0.15, 0.2) is 0 Å². The van der Waals surface area contributed by atoms with Crippen LogP contribution in [0.15, 0.2) is 23.1 Å². The van der Waals surface area contributed by atoms with E-state index in [1.165, 1.54) is 4.31 Å². The molecule has 0 radical (unpaired) electrons. The van der Waals surface area contributed by atoms with Crippen LogP contribution in [0, 0.1) is 17.1 Å². The Labute approximate surface area is 106 Å². The van der Waals surface area contributed by atoms with Crippen LogP contribution in [0.3, 0.4) is 0 Å². The smallest absolute Gasteiger partial charge is 0.243 e. The van der Waals surface area contributed by atoms with E-state index in [-0.39, 0.29) is 30.1 Å². The molecule has 98 valence electrons. The minimum absolute atomic E-state index is 0.101. The maximum absolute atomic E-state index is 13.1. The SMILES string of the molecule is CCN(CCN)S(=O)(=O)c1ccc(F)c(C#N)c1. The average molecular weight is 271 g/mol. The van der Waals surface area contributed by atoms with E-state index in [1.54, 1.807) is 13.0 Å². The number of nitriles is 1. The van der Waals surface area contributed by atoms with E-state index >= 15 is 0 Å². The molecule has 5 nitrogen and oxygen atoms in total. The molecule has 7 heteroatoms. The quantitative estimate of drug-likeness (QED) is 0.852. The number of nitrogens with zero attached hydrogens (tertiary/aromatic N) is 2. The molecule has 0 saturated carbocycles. The first-order chi connectivity index (χ1) is 8.47. The van der Waals surface area contributed by atoms with Gasteiger partial charge in [-0.2, -0.15) is 9.57 Å². The summed E-state index contributed by atoms with van der Waals surface area (Å²) in [5, 5.41) is 8.69. The van der Waals surface area contributed by atoms with Gasteiger partial charge in [-0.1, -0.05) is 6.92 Å². The van der Waals surface area contributed by atoms with Gasteiger partial charge < -0.3 is 5.73 Å². The molecule has 0 spiro atoms. The molecular weight excluding hydrogens is 257 g/mol. The number of likely N-dealkylation sites (N-methyl/N-ethyl adjacent to an activating group) is 1. The monoisotopic (exact) mass is 271 g/mol. The Morgan fingerprint density at radius 1 is 1.50 bits per heavy atom. The zero-order valence-corrected chi connectivity index (χ0v) is 10.7. The largest absolute Gasteiger partial charge is 0.329 e. The fourth-order valence-electron chi connectivity index (χ4n) is 1.49. The predicted molar refractivity (Wildman–Crippen MR) is 64.6 cm³/mol. The van der Waals surface area contributed by atoms with Crippen LogP contribution in [0.5, 0.6) is 0 Å². The maximum atomic E-state index is 13.1. The summed E-state index contributed by atoms with van der Waals surface area (Å²) >= 11 is 0. The van der Waals surface area contributed by atoms with Crippen molar-refractivity contribution in [2.45, 2.75) is 11.8 Å². The van der Waals surface area contributed by atoms with Crippen LogP contribution in [-0.4, -0.2) is 32.4 Å². The summed E-state index contributed by atoms with van der Waals surface area (Å²) in [4.78, 5) is -0.101. The number of rotatable bonds is 5. The van der Waals surface area contributed by atoms with Gasteiger partial charge in [0.2, 0.25) is 10.0 Å². The maximum Gasteiger partial charge on any atom is 0.243 e. The van der Waals surface area contributed by atoms with Gasteiger partial charge in [0.05, 0.1) is 10.5 Å². The Bertz CT molecular complexity index is 566. The van der Waals surface area contributed by atoms with Crippen molar-refractivity contribution in [3.63, 3.8) is 0 Å². The van der Waals surface area contributed by atoms with Crippen molar-refractivity contribution >= 4 is 10.0 Å². The Kier molecular flexibility index (Phi) is 4.78. The van der Waals surface area contributed by atoms with E-state index in [0.29, 0.717) is 0 Å². The molecule has 1 rings (SSSR count). The van der Waals surface area contributed by atoms with Crippen LogP contribution in [0.1, 0.15) is 12.5 Å². The molecule has 0 heterocycles. The van der Waals surface area contributed by atoms with Crippen molar-refractivity contribution in [3.8, 4) is 6.07 Å². The second-order valence-electron chi connectivity index (χ2n) is 3.54. The highest BCUT2D eigenvalue weighted by molar-refractivity contribution is 7.89. The summed E-state index contributed by atoms with van der Waals surface area (Å²) in [6.07, 6.45) is 0. The standard InChI is InChI=1S/C11H14FN3O2S/c1-2-15(6-5-13)18(16,17)10-3-4-11(12)9(7-10)8-14/h3-4,7H,2,5-6,13H2,1H3. The lowest BCUT2D eigenvalue weighted by atomic mass is 10.2. The van der Waals surface area contributed by atoms with Crippen molar-refractivity contribution in [2.24, 2.45) is 5.73 Å². The number of sulfonamides is 1. The van der Waals surface area contributed by atoms with Crippen molar-refractivity contribution < 1.29 is 12.8 Å². The molecule has 2 N–H and O–H groups in total. The first-order valence-electron chi connectivity index (χ1n) is 5.37. The zero-order chi connectivity index (χ0) is 13.8. The summed E-state index contributed by atoms with van der Waals surface area (Å²) in [5.41, 5.74) is 5.05. The van der Waals surface area contributed by atoms with Gasteiger partial charge in [-0.05, 0) is 18.2 Å². The Hall–Kier alpha value is -1.49. The van der Waals surface area contributed by atoms with E-state index in [1.807, 2.05) is 0 Å². The highest BCUT2D eigenvalue weighted by atomic mass is 32.2. The van der Waals surface area contributed by atoms with Crippen molar-refractivity contribution in [3.05, 3.63) is 29.6 Å². The number of halogens is 1. The molecule has 0 aliphatic rings. The Morgan fingerprint density at radius 2 is 2.17 bits per heavy atom. The highest BCUT2D eigenvalue weighted by Gasteiger charge is 2.23. The summed E-state index contributed by atoms with van der Waals surface area (Å²) in [6.45, 7) is 2.32. The van der Waals surface area contributed by atoms with Crippen LogP contribution in [-0.2, 0) is 10.0 Å². The number of hydrogen-bond donors (Lipinski definition) is 1. The summed E-state index contributed by atoms with van der Waals surface area (Å²) in [6, 6.07) is 4.76. The normalized spacial score (nSPS) is 11.5. The number of benzene rings is 1. The van der Waals surface area contributed by atoms with Gasteiger partial charge >= 0.3 is 0 Å². The molecule has 0 amide bonds. The minimum Gasteiger partial charge on any atom is -0.329 e. The molecule has 18 heavy (non-hydrogen) atoms. The van der Waals surface area contributed by atoms with E-state index in [4.69, 9.17) is 11.0 Å². The molecule has 0 fully saturated rings. The lowest BCUT2D eigenvalue weighted by molar-refractivity contribution is 0.435. The fraction of sp³-hybridized carbons (Fsp3) is 0.364. The van der Waals surface area contributed by atoms with Crippen LogP contribution in [0.2, 0.25) is 0 Å². The Balaban J connectivity index is 3.24. The second-order valence-corrected chi connectivity index (χ2v) is 5.48. The molecule has 0 aliphatic heterocycles. The molecular formula is C11H14FN3O2S. The first kappa shape index (κ1) is 14.6. The third-order valence-corrected chi connectivity index (χ3v) is 4.40. The van der Waals surface area contributed by atoms with Crippen molar-refractivity contribution in [1.29, 1.82) is 5.26 Å². The third kappa shape index (κ3) is 2.85. The predicted octanol–water partition coefficient (Wildman–Crippen LogP) is 0.667. The summed E-state index contributed by atoms with van der Waals surface area (Å²) in [7, 11) is -3.73. The van der Waals surface area contributed by atoms with Gasteiger partial charge in [-0.15, -0.1) is 0 Å². The molecule has 1 aromatic rings. The fourth-order valence-corrected chi connectivity index (χ4v) is 2.98. The van der Waals surface area contributed by atoms with Crippen LogP contribution < -0.4 is 5.73 Å². The molecule has 0 aromatic heterocycles. The highest BCUT2D eigenvalue weighted by Crippen LogP contribution is 2.18. The molecule has 0 bridgehead atoms. The average Bonchev–Trinajstić information content (AvgIpc) is 2.35. The van der Waals surface area contributed by atoms with Gasteiger partial charge in [-0.25, -0.2) is 12.8 Å². The van der Waals surface area contributed by atoms with E-state index in [0.717, 1.165) is 18.2 Å². The van der Waals surface area contributed by atoms with Gasteiger partial charge in [-0.3, -0.25) is 0 Å². The van der Waals surface area contributed by atoms with E-state index in [2.05, 4.69) is 0 Å². The third-order valence-electron chi connectivity index (χ3n) is 2.43. The minimum atomic E-state index is -3.73. The lowest BCUT2D eigenvalue weighted by Gasteiger charge is -2.19. The lowest BCUT2D eigenvalue weighted by Crippen LogP contribution is -2.35. The van der Waals surface area contributed by atoms with Gasteiger partial charge in [0.25, 0.3) is 0 Å². The second kappa shape index (κ2) is 5.91.